The summed E-state index contributed by atoms with van der Waals surface area (Å²) in [4.78, 5) is 29.8. The van der Waals surface area contributed by atoms with Crippen molar-refractivity contribution in [3.05, 3.63) is 46.0 Å². The number of aromatic nitrogens is 1. The first kappa shape index (κ1) is 13.5. The van der Waals surface area contributed by atoms with Crippen molar-refractivity contribution in [2.24, 2.45) is 0 Å². The number of thiazole rings is 1. The number of benzene rings is 1. The maximum Gasteiger partial charge on any atom is 0.252 e. The number of nitrogens with zero attached hydrogens (tertiary/aromatic N) is 1. The first-order valence-corrected chi connectivity index (χ1v) is 8.20. The van der Waals surface area contributed by atoms with Gasteiger partial charge in [0.25, 0.3) is 5.91 Å². The van der Waals surface area contributed by atoms with Gasteiger partial charge in [0.15, 0.2) is 5.13 Å². The van der Waals surface area contributed by atoms with Gasteiger partial charge in [-0.2, -0.15) is 0 Å². The molecule has 2 aliphatic rings. The van der Waals surface area contributed by atoms with E-state index in [2.05, 4.69) is 15.6 Å². The van der Waals surface area contributed by atoms with Crippen molar-refractivity contribution in [2.75, 3.05) is 5.32 Å². The number of fused-ring (bicyclic) bond motifs is 2. The number of aryl methyl sites for hydroxylation is 2. The van der Waals surface area contributed by atoms with E-state index in [9.17, 15) is 9.59 Å². The predicted molar refractivity (Wildman–Crippen MR) is 84.0 cm³/mol. The van der Waals surface area contributed by atoms with Crippen LogP contribution in [0.3, 0.4) is 0 Å². The lowest BCUT2D eigenvalue weighted by Gasteiger charge is -2.10. The van der Waals surface area contributed by atoms with Gasteiger partial charge in [-0.05, 0) is 30.9 Å². The summed E-state index contributed by atoms with van der Waals surface area (Å²) < 4.78 is 0. The summed E-state index contributed by atoms with van der Waals surface area (Å²) in [5.41, 5.74) is 2.68. The largest absolute Gasteiger partial charge is 0.345 e. The first-order valence-electron chi connectivity index (χ1n) is 7.39. The molecule has 1 aromatic heterocycles. The topological polar surface area (TPSA) is 71.1 Å². The Morgan fingerprint density at radius 2 is 2.23 bits per heavy atom. The van der Waals surface area contributed by atoms with Gasteiger partial charge in [-0.3, -0.25) is 9.59 Å². The Morgan fingerprint density at radius 1 is 1.36 bits per heavy atom. The zero-order chi connectivity index (χ0) is 15.1. The van der Waals surface area contributed by atoms with Crippen LogP contribution in [0.25, 0.3) is 0 Å². The third-order valence-electron chi connectivity index (χ3n) is 4.12. The first-order chi connectivity index (χ1) is 10.7. The van der Waals surface area contributed by atoms with Gasteiger partial charge in [0.1, 0.15) is 0 Å². The molecule has 2 aromatic rings. The molecule has 2 amide bonds. The van der Waals surface area contributed by atoms with Crippen LogP contribution in [0, 0.1) is 0 Å². The highest BCUT2D eigenvalue weighted by Gasteiger charge is 2.29. The number of amides is 2. The Labute approximate surface area is 131 Å². The Balaban J connectivity index is 1.45. The van der Waals surface area contributed by atoms with Crippen molar-refractivity contribution in [3.63, 3.8) is 0 Å². The quantitative estimate of drug-likeness (QED) is 0.914. The average Bonchev–Trinajstić information content (AvgIpc) is 3.14. The summed E-state index contributed by atoms with van der Waals surface area (Å²) in [5.74, 6) is -0.226. The van der Waals surface area contributed by atoms with E-state index in [1.807, 2.05) is 18.2 Å². The number of hydrogen-bond donors (Lipinski definition) is 2. The van der Waals surface area contributed by atoms with Crippen LogP contribution < -0.4 is 10.6 Å². The Kier molecular flexibility index (Phi) is 3.18. The maximum absolute atomic E-state index is 12.2. The molecule has 0 fully saturated rings. The van der Waals surface area contributed by atoms with E-state index in [4.69, 9.17) is 0 Å². The molecule has 22 heavy (non-hydrogen) atoms. The molecule has 1 aliphatic heterocycles. The molecular weight excluding hydrogens is 298 g/mol. The van der Waals surface area contributed by atoms with Gasteiger partial charge >= 0.3 is 0 Å². The monoisotopic (exact) mass is 313 g/mol. The molecule has 4 rings (SSSR count). The Hall–Kier alpha value is -2.21. The van der Waals surface area contributed by atoms with Crippen LogP contribution in [-0.4, -0.2) is 16.8 Å². The van der Waals surface area contributed by atoms with Crippen LogP contribution in [0.2, 0.25) is 0 Å². The van der Waals surface area contributed by atoms with Crippen molar-refractivity contribution in [1.29, 1.82) is 0 Å². The van der Waals surface area contributed by atoms with E-state index >= 15 is 0 Å². The minimum absolute atomic E-state index is 0.110. The Bertz CT molecular complexity index is 747. The molecule has 1 aliphatic carbocycles. The van der Waals surface area contributed by atoms with Gasteiger partial charge in [-0.25, -0.2) is 4.98 Å². The van der Waals surface area contributed by atoms with Crippen LogP contribution in [0.4, 0.5) is 5.13 Å². The van der Waals surface area contributed by atoms with Gasteiger partial charge in [0.2, 0.25) is 5.91 Å². The zero-order valence-corrected chi connectivity index (χ0v) is 12.7. The van der Waals surface area contributed by atoms with Crippen LogP contribution in [0.5, 0.6) is 0 Å². The maximum atomic E-state index is 12.2. The van der Waals surface area contributed by atoms with Gasteiger partial charge in [-0.15, -0.1) is 11.3 Å². The van der Waals surface area contributed by atoms with Crippen molar-refractivity contribution < 1.29 is 9.59 Å². The van der Waals surface area contributed by atoms with Gasteiger partial charge < -0.3 is 10.6 Å². The molecule has 0 saturated carbocycles. The second-order valence-electron chi connectivity index (χ2n) is 5.61. The molecule has 112 valence electrons. The zero-order valence-electron chi connectivity index (χ0n) is 11.9. The highest BCUT2D eigenvalue weighted by Crippen LogP contribution is 2.31. The smallest absolute Gasteiger partial charge is 0.252 e. The molecule has 1 aromatic carbocycles. The van der Waals surface area contributed by atoms with Gasteiger partial charge in [0, 0.05) is 10.4 Å². The summed E-state index contributed by atoms with van der Waals surface area (Å²) >= 11 is 1.56. The molecule has 1 unspecified atom stereocenters. The van der Waals surface area contributed by atoms with Crippen molar-refractivity contribution >= 4 is 28.3 Å². The number of anilines is 1. The summed E-state index contributed by atoms with van der Waals surface area (Å²) in [6.45, 7) is 0. The van der Waals surface area contributed by atoms with Crippen LogP contribution in [0.15, 0.2) is 24.3 Å². The van der Waals surface area contributed by atoms with Gasteiger partial charge in [-0.1, -0.05) is 18.2 Å². The fraction of sp³-hybridized carbons (Fsp3) is 0.312. The second kappa shape index (κ2) is 5.21. The highest BCUT2D eigenvalue weighted by atomic mass is 32.1. The molecule has 1 atom stereocenters. The van der Waals surface area contributed by atoms with E-state index in [0.717, 1.165) is 30.5 Å². The molecule has 6 heteroatoms. The lowest BCUT2D eigenvalue weighted by molar-refractivity contribution is -0.116. The molecule has 2 N–H and O–H groups in total. The minimum Gasteiger partial charge on any atom is -0.345 e. The van der Waals surface area contributed by atoms with Crippen LogP contribution in [-0.2, 0) is 17.6 Å². The number of nitrogens with one attached hydrogen (secondary N) is 2. The van der Waals surface area contributed by atoms with E-state index in [-0.39, 0.29) is 24.3 Å². The van der Waals surface area contributed by atoms with Crippen LogP contribution >= 0.6 is 11.3 Å². The summed E-state index contributed by atoms with van der Waals surface area (Å²) in [7, 11) is 0. The molecule has 5 nitrogen and oxygen atoms in total. The van der Waals surface area contributed by atoms with E-state index < -0.39 is 0 Å². The number of rotatable bonds is 3. The highest BCUT2D eigenvalue weighted by molar-refractivity contribution is 7.15. The molecule has 2 heterocycles. The third kappa shape index (κ3) is 2.29. The fourth-order valence-corrected chi connectivity index (χ4v) is 4.15. The lowest BCUT2D eigenvalue weighted by atomic mass is 10.0. The molecule has 0 spiro atoms. The normalized spacial score (nSPS) is 18.7. The van der Waals surface area contributed by atoms with Crippen molar-refractivity contribution in [2.45, 2.75) is 31.7 Å². The summed E-state index contributed by atoms with van der Waals surface area (Å²) in [6.07, 6.45) is 3.46. The summed E-state index contributed by atoms with van der Waals surface area (Å²) in [6, 6.07) is 7.14. The molecule has 0 radical (unpaired) electrons. The van der Waals surface area contributed by atoms with Gasteiger partial charge in [0.05, 0.1) is 18.2 Å². The van der Waals surface area contributed by atoms with Crippen molar-refractivity contribution in [3.8, 4) is 0 Å². The van der Waals surface area contributed by atoms with Crippen molar-refractivity contribution in [1.82, 2.24) is 10.3 Å². The second-order valence-corrected chi connectivity index (χ2v) is 6.69. The van der Waals surface area contributed by atoms with E-state index in [0.29, 0.717) is 10.7 Å². The van der Waals surface area contributed by atoms with Crippen LogP contribution in [0.1, 0.15) is 45.4 Å². The minimum atomic E-state index is -0.254. The lowest BCUT2D eigenvalue weighted by Crippen LogP contribution is -2.24. The summed E-state index contributed by atoms with van der Waals surface area (Å²) in [5, 5.41) is 6.39. The number of carbonyl (C=O) groups is 2. The molecule has 0 bridgehead atoms. The SMILES string of the molecule is O=C(CC1NC(=O)c2ccccc21)Nc1nc2c(s1)CCC2. The Morgan fingerprint density at radius 3 is 3.09 bits per heavy atom. The molecule has 0 saturated heterocycles. The fourth-order valence-electron chi connectivity index (χ4n) is 3.08. The van der Waals surface area contributed by atoms with E-state index in [1.54, 1.807) is 17.4 Å². The average molecular weight is 313 g/mol. The predicted octanol–water partition coefficient (Wildman–Crippen LogP) is 2.45. The standard InChI is InChI=1S/C16H15N3O2S/c20-14(19-16-18-11-6-3-7-13(11)22-16)8-12-9-4-1-2-5-10(9)15(21)17-12/h1-2,4-5,12H,3,6-8H2,(H,17,21)(H,18,19,20). The number of carbonyl (C=O) groups excluding carboxylic acids is 2. The van der Waals surface area contributed by atoms with E-state index in [1.165, 1.54) is 4.88 Å². The third-order valence-corrected chi connectivity index (χ3v) is 5.19. The molecular formula is C16H15N3O2S. The number of hydrogen-bond acceptors (Lipinski definition) is 4.